The lowest BCUT2D eigenvalue weighted by Gasteiger charge is -2.06. The van der Waals surface area contributed by atoms with Crippen molar-refractivity contribution in [3.63, 3.8) is 0 Å². The monoisotopic (exact) mass is 214 g/mol. The molecule has 0 saturated carbocycles. The third-order valence-electron chi connectivity index (χ3n) is 2.19. The number of hydrogen-bond donors (Lipinski definition) is 1. The van der Waals surface area contributed by atoms with Gasteiger partial charge in [-0.25, -0.2) is 4.98 Å². The van der Waals surface area contributed by atoms with E-state index in [1.54, 1.807) is 0 Å². The lowest BCUT2D eigenvalue weighted by atomic mass is 10.3. The normalized spacial score (nSPS) is 9.81. The number of benzene rings is 1. The summed E-state index contributed by atoms with van der Waals surface area (Å²) in [5.74, 6) is 1.72. The van der Waals surface area contributed by atoms with Crippen LogP contribution in [0.25, 0.3) is 0 Å². The number of aromatic nitrogens is 1. The highest BCUT2D eigenvalue weighted by atomic mass is 16.5. The van der Waals surface area contributed by atoms with Gasteiger partial charge in [0.05, 0.1) is 5.69 Å². The molecule has 0 amide bonds. The van der Waals surface area contributed by atoms with Gasteiger partial charge >= 0.3 is 0 Å². The van der Waals surface area contributed by atoms with Gasteiger partial charge in [-0.05, 0) is 24.3 Å². The molecule has 0 spiro atoms. The third-order valence-corrected chi connectivity index (χ3v) is 2.19. The van der Waals surface area contributed by atoms with Gasteiger partial charge in [-0.15, -0.1) is 0 Å². The molecule has 2 rings (SSSR count). The van der Waals surface area contributed by atoms with Crippen molar-refractivity contribution in [1.82, 2.24) is 4.98 Å². The Morgan fingerprint density at radius 1 is 1.06 bits per heavy atom. The first-order chi connectivity index (χ1) is 7.88. The van der Waals surface area contributed by atoms with Crippen LogP contribution in [-0.4, -0.2) is 12.0 Å². The molecular weight excluding hydrogens is 200 g/mol. The van der Waals surface area contributed by atoms with Crippen molar-refractivity contribution in [3.8, 4) is 5.75 Å². The van der Waals surface area contributed by atoms with Crippen molar-refractivity contribution in [3.05, 3.63) is 54.2 Å². The average molecular weight is 214 g/mol. The second-order valence-corrected chi connectivity index (χ2v) is 3.37. The fraction of sp³-hybridized carbons (Fsp3) is 0.154. The van der Waals surface area contributed by atoms with Crippen LogP contribution in [0.4, 0.5) is 5.82 Å². The minimum atomic E-state index is 0.486. The zero-order valence-corrected chi connectivity index (χ0v) is 9.18. The Kier molecular flexibility index (Phi) is 3.38. The first-order valence-corrected chi connectivity index (χ1v) is 5.20. The van der Waals surface area contributed by atoms with Crippen molar-refractivity contribution in [1.29, 1.82) is 0 Å². The van der Waals surface area contributed by atoms with Crippen LogP contribution in [0.2, 0.25) is 0 Å². The van der Waals surface area contributed by atoms with Crippen LogP contribution in [0, 0.1) is 0 Å². The van der Waals surface area contributed by atoms with Gasteiger partial charge in [-0.1, -0.05) is 24.3 Å². The van der Waals surface area contributed by atoms with E-state index >= 15 is 0 Å². The smallest absolute Gasteiger partial charge is 0.130 e. The van der Waals surface area contributed by atoms with Crippen LogP contribution < -0.4 is 10.1 Å². The Morgan fingerprint density at radius 3 is 2.62 bits per heavy atom. The molecule has 0 radical (unpaired) electrons. The maximum atomic E-state index is 5.60. The summed E-state index contributed by atoms with van der Waals surface area (Å²) >= 11 is 0. The summed E-state index contributed by atoms with van der Waals surface area (Å²) in [4.78, 5) is 4.37. The zero-order chi connectivity index (χ0) is 11.2. The van der Waals surface area contributed by atoms with Crippen LogP contribution in [0.1, 0.15) is 5.69 Å². The van der Waals surface area contributed by atoms with Gasteiger partial charge in [0.25, 0.3) is 0 Å². The molecule has 3 nitrogen and oxygen atoms in total. The number of pyridine rings is 1. The summed E-state index contributed by atoms with van der Waals surface area (Å²) in [6.07, 6.45) is 0. The summed E-state index contributed by atoms with van der Waals surface area (Å²) in [6.45, 7) is 0.486. The van der Waals surface area contributed by atoms with E-state index in [2.05, 4.69) is 10.3 Å². The van der Waals surface area contributed by atoms with E-state index in [0.29, 0.717) is 6.61 Å². The Bertz CT molecular complexity index is 443. The Labute approximate surface area is 95.1 Å². The van der Waals surface area contributed by atoms with Gasteiger partial charge in [0, 0.05) is 7.05 Å². The molecule has 0 fully saturated rings. The second-order valence-electron chi connectivity index (χ2n) is 3.37. The fourth-order valence-corrected chi connectivity index (χ4v) is 1.37. The highest BCUT2D eigenvalue weighted by molar-refractivity contribution is 5.34. The number of rotatable bonds is 4. The highest BCUT2D eigenvalue weighted by Gasteiger charge is 1.97. The minimum Gasteiger partial charge on any atom is -0.487 e. The van der Waals surface area contributed by atoms with Crippen LogP contribution in [0.3, 0.4) is 0 Å². The molecule has 1 aromatic heterocycles. The molecule has 0 aliphatic heterocycles. The molecule has 0 unspecified atom stereocenters. The summed E-state index contributed by atoms with van der Waals surface area (Å²) < 4.78 is 5.60. The minimum absolute atomic E-state index is 0.486. The highest BCUT2D eigenvalue weighted by Crippen LogP contribution is 2.11. The SMILES string of the molecule is CNc1cccc(COc2ccccc2)n1. The van der Waals surface area contributed by atoms with Gasteiger partial charge in [-0.3, -0.25) is 0 Å². The molecule has 1 heterocycles. The van der Waals surface area contributed by atoms with E-state index in [1.807, 2.05) is 55.6 Å². The molecule has 3 heteroatoms. The van der Waals surface area contributed by atoms with E-state index in [9.17, 15) is 0 Å². The third kappa shape index (κ3) is 2.73. The summed E-state index contributed by atoms with van der Waals surface area (Å²) in [6, 6.07) is 15.6. The maximum Gasteiger partial charge on any atom is 0.130 e. The molecule has 2 aromatic rings. The summed E-state index contributed by atoms with van der Waals surface area (Å²) in [7, 11) is 1.85. The number of ether oxygens (including phenoxy) is 1. The Morgan fingerprint density at radius 2 is 1.88 bits per heavy atom. The standard InChI is InChI=1S/C13H14N2O/c1-14-13-9-5-6-11(15-13)10-16-12-7-3-2-4-8-12/h2-9H,10H2,1H3,(H,14,15). The van der Waals surface area contributed by atoms with Crippen LogP contribution >= 0.6 is 0 Å². The van der Waals surface area contributed by atoms with Gasteiger partial charge < -0.3 is 10.1 Å². The largest absolute Gasteiger partial charge is 0.487 e. The maximum absolute atomic E-state index is 5.60. The van der Waals surface area contributed by atoms with E-state index in [-0.39, 0.29) is 0 Å². The van der Waals surface area contributed by atoms with Crippen LogP contribution in [0.5, 0.6) is 5.75 Å². The quantitative estimate of drug-likeness (QED) is 0.849. The van der Waals surface area contributed by atoms with E-state index in [4.69, 9.17) is 4.74 Å². The molecule has 0 aliphatic rings. The number of nitrogens with zero attached hydrogens (tertiary/aromatic N) is 1. The summed E-state index contributed by atoms with van der Waals surface area (Å²) in [5, 5.41) is 3.00. The van der Waals surface area contributed by atoms with Crippen molar-refractivity contribution in [2.75, 3.05) is 12.4 Å². The molecule has 1 aromatic carbocycles. The Balaban J connectivity index is 1.99. The number of anilines is 1. The molecule has 1 N–H and O–H groups in total. The van der Waals surface area contributed by atoms with Crippen molar-refractivity contribution in [2.24, 2.45) is 0 Å². The molecule has 0 aliphatic carbocycles. The molecule has 16 heavy (non-hydrogen) atoms. The molecule has 82 valence electrons. The van der Waals surface area contributed by atoms with Crippen molar-refractivity contribution < 1.29 is 4.74 Å². The van der Waals surface area contributed by atoms with Gasteiger partial charge in [0.1, 0.15) is 18.2 Å². The predicted molar refractivity (Wildman–Crippen MR) is 64.6 cm³/mol. The first-order valence-electron chi connectivity index (χ1n) is 5.20. The molecular formula is C13H14N2O. The van der Waals surface area contributed by atoms with E-state index in [1.165, 1.54) is 0 Å². The van der Waals surface area contributed by atoms with Crippen molar-refractivity contribution >= 4 is 5.82 Å². The van der Waals surface area contributed by atoms with Crippen LogP contribution in [0.15, 0.2) is 48.5 Å². The van der Waals surface area contributed by atoms with E-state index < -0.39 is 0 Å². The van der Waals surface area contributed by atoms with Gasteiger partial charge in [-0.2, -0.15) is 0 Å². The van der Waals surface area contributed by atoms with Gasteiger partial charge in [0.2, 0.25) is 0 Å². The Hall–Kier alpha value is -2.03. The van der Waals surface area contributed by atoms with E-state index in [0.717, 1.165) is 17.3 Å². The second kappa shape index (κ2) is 5.16. The predicted octanol–water partition coefficient (Wildman–Crippen LogP) is 2.70. The van der Waals surface area contributed by atoms with Crippen molar-refractivity contribution in [2.45, 2.75) is 6.61 Å². The number of para-hydroxylation sites is 1. The molecule has 0 bridgehead atoms. The number of nitrogens with one attached hydrogen (secondary N) is 1. The molecule has 0 atom stereocenters. The number of hydrogen-bond acceptors (Lipinski definition) is 3. The molecule has 0 saturated heterocycles. The topological polar surface area (TPSA) is 34.1 Å². The van der Waals surface area contributed by atoms with Crippen LogP contribution in [-0.2, 0) is 6.61 Å². The average Bonchev–Trinajstić information content (AvgIpc) is 2.38. The zero-order valence-electron chi connectivity index (χ0n) is 9.18. The summed E-state index contributed by atoms with van der Waals surface area (Å²) in [5.41, 5.74) is 0.913. The lowest BCUT2D eigenvalue weighted by Crippen LogP contribution is -2.00. The fourth-order valence-electron chi connectivity index (χ4n) is 1.37. The first kappa shape index (κ1) is 10.5. The van der Waals surface area contributed by atoms with Gasteiger partial charge in [0.15, 0.2) is 0 Å². The lowest BCUT2D eigenvalue weighted by molar-refractivity contribution is 0.301.